The number of nitrogens with zero attached hydrogens (tertiary/aromatic N) is 3. The van der Waals surface area contributed by atoms with Crippen molar-refractivity contribution in [3.8, 4) is 5.69 Å². The van der Waals surface area contributed by atoms with Gasteiger partial charge in [0.15, 0.2) is 0 Å². The minimum absolute atomic E-state index is 0.800. The van der Waals surface area contributed by atoms with Crippen LogP contribution in [0.3, 0.4) is 0 Å². The topological polar surface area (TPSA) is 42.7 Å². The Balaban J connectivity index is 2.27. The van der Waals surface area contributed by atoms with Crippen LogP contribution < -0.4 is 5.32 Å². The van der Waals surface area contributed by atoms with E-state index in [1.165, 1.54) is 11.1 Å². The summed E-state index contributed by atoms with van der Waals surface area (Å²) in [5.41, 5.74) is 4.65. The largest absolute Gasteiger partial charge is 0.311 e. The Hall–Kier alpha value is -1.68. The number of aryl methyl sites for hydroxylation is 2. The lowest BCUT2D eigenvalue weighted by Gasteiger charge is -2.10. The van der Waals surface area contributed by atoms with Crippen molar-refractivity contribution in [2.24, 2.45) is 0 Å². The summed E-state index contributed by atoms with van der Waals surface area (Å²) < 4.78 is 1.92. The van der Waals surface area contributed by atoms with E-state index in [0.717, 1.165) is 30.9 Å². The molecule has 1 aromatic heterocycles. The highest BCUT2D eigenvalue weighted by atomic mass is 15.4. The van der Waals surface area contributed by atoms with Gasteiger partial charge in [-0.2, -0.15) is 0 Å². The first-order valence-electron chi connectivity index (χ1n) is 6.40. The zero-order valence-electron chi connectivity index (χ0n) is 11.3. The van der Waals surface area contributed by atoms with Crippen LogP contribution in [0.5, 0.6) is 0 Å². The predicted octanol–water partition coefficient (Wildman–Crippen LogP) is 2.38. The maximum Gasteiger partial charge on any atom is 0.0783 e. The molecule has 0 radical (unpaired) electrons. The van der Waals surface area contributed by atoms with E-state index in [9.17, 15) is 0 Å². The molecule has 0 aliphatic carbocycles. The van der Waals surface area contributed by atoms with Crippen LogP contribution in [0.15, 0.2) is 24.4 Å². The van der Waals surface area contributed by atoms with Gasteiger partial charge in [-0.25, -0.2) is 4.68 Å². The number of hydrogen-bond donors (Lipinski definition) is 1. The molecule has 0 spiro atoms. The molecule has 0 unspecified atom stereocenters. The molecule has 1 heterocycles. The van der Waals surface area contributed by atoms with Crippen molar-refractivity contribution < 1.29 is 0 Å². The van der Waals surface area contributed by atoms with Gasteiger partial charge in [0.05, 0.1) is 17.6 Å². The van der Waals surface area contributed by atoms with Crippen molar-refractivity contribution in [1.29, 1.82) is 0 Å². The molecule has 0 saturated heterocycles. The molecule has 4 heteroatoms. The van der Waals surface area contributed by atoms with Gasteiger partial charge in [-0.05, 0) is 44.0 Å². The minimum atomic E-state index is 0.800. The third-order valence-corrected chi connectivity index (χ3v) is 2.95. The Morgan fingerprint density at radius 3 is 2.89 bits per heavy atom. The third kappa shape index (κ3) is 2.76. The summed E-state index contributed by atoms with van der Waals surface area (Å²) in [5.74, 6) is 0. The van der Waals surface area contributed by atoms with Gasteiger partial charge in [0.1, 0.15) is 0 Å². The van der Waals surface area contributed by atoms with Crippen LogP contribution in [0.4, 0.5) is 0 Å². The maximum absolute atomic E-state index is 4.19. The molecule has 2 aromatic rings. The van der Waals surface area contributed by atoms with Crippen LogP contribution in [-0.2, 0) is 6.54 Å². The summed E-state index contributed by atoms with van der Waals surface area (Å²) in [5, 5.41) is 11.6. The van der Waals surface area contributed by atoms with Crippen molar-refractivity contribution >= 4 is 0 Å². The fourth-order valence-corrected chi connectivity index (χ4v) is 1.92. The van der Waals surface area contributed by atoms with Crippen molar-refractivity contribution in [2.45, 2.75) is 33.7 Å². The summed E-state index contributed by atoms with van der Waals surface area (Å²) in [4.78, 5) is 0. The Bertz CT molecular complexity index is 516. The maximum atomic E-state index is 4.19. The average Bonchev–Trinajstić information content (AvgIpc) is 2.81. The Labute approximate surface area is 108 Å². The molecule has 0 aliphatic rings. The lowest BCUT2D eigenvalue weighted by molar-refractivity contribution is 0.640. The summed E-state index contributed by atoms with van der Waals surface area (Å²) in [6, 6.07) is 6.38. The standard InChI is InChI=1S/C14H20N4/c1-4-7-15-9-13-10-16-17-18(13)14-8-11(2)5-6-12(14)3/h5-6,8,10,15H,4,7,9H2,1-3H3. The van der Waals surface area contributed by atoms with Crippen molar-refractivity contribution in [2.75, 3.05) is 6.54 Å². The van der Waals surface area contributed by atoms with E-state index in [1.807, 2.05) is 10.9 Å². The lowest BCUT2D eigenvalue weighted by Crippen LogP contribution is -2.17. The first-order valence-corrected chi connectivity index (χ1v) is 6.40. The van der Waals surface area contributed by atoms with E-state index in [4.69, 9.17) is 0 Å². The third-order valence-electron chi connectivity index (χ3n) is 2.95. The van der Waals surface area contributed by atoms with Gasteiger partial charge in [-0.1, -0.05) is 24.3 Å². The Morgan fingerprint density at radius 2 is 2.11 bits per heavy atom. The Kier molecular flexibility index (Phi) is 4.10. The molecule has 96 valence electrons. The number of nitrogens with one attached hydrogen (secondary N) is 1. The highest BCUT2D eigenvalue weighted by Gasteiger charge is 2.08. The van der Waals surface area contributed by atoms with Crippen LogP contribution in [0.1, 0.15) is 30.2 Å². The van der Waals surface area contributed by atoms with Gasteiger partial charge in [0.25, 0.3) is 0 Å². The molecule has 2 rings (SSSR count). The van der Waals surface area contributed by atoms with Gasteiger partial charge in [-0.15, -0.1) is 5.10 Å². The molecule has 18 heavy (non-hydrogen) atoms. The molecule has 0 atom stereocenters. The van der Waals surface area contributed by atoms with Crippen molar-refractivity contribution in [3.05, 3.63) is 41.2 Å². The zero-order chi connectivity index (χ0) is 13.0. The summed E-state index contributed by atoms with van der Waals surface area (Å²) in [7, 11) is 0. The summed E-state index contributed by atoms with van der Waals surface area (Å²) in [6.45, 7) is 8.16. The molecule has 0 aliphatic heterocycles. The van der Waals surface area contributed by atoms with Gasteiger partial charge in [0, 0.05) is 6.54 Å². The van der Waals surface area contributed by atoms with E-state index < -0.39 is 0 Å². The van der Waals surface area contributed by atoms with Gasteiger partial charge >= 0.3 is 0 Å². The van der Waals surface area contributed by atoms with Crippen molar-refractivity contribution in [3.63, 3.8) is 0 Å². The van der Waals surface area contributed by atoms with E-state index >= 15 is 0 Å². The molecule has 0 saturated carbocycles. The first kappa shape index (κ1) is 12.8. The molecular weight excluding hydrogens is 224 g/mol. The Morgan fingerprint density at radius 1 is 1.28 bits per heavy atom. The molecule has 0 amide bonds. The predicted molar refractivity (Wildman–Crippen MR) is 72.8 cm³/mol. The highest BCUT2D eigenvalue weighted by molar-refractivity contribution is 5.43. The second-order valence-electron chi connectivity index (χ2n) is 4.60. The molecule has 4 nitrogen and oxygen atoms in total. The van der Waals surface area contributed by atoms with Crippen LogP contribution in [0.2, 0.25) is 0 Å². The zero-order valence-corrected chi connectivity index (χ0v) is 11.3. The van der Waals surface area contributed by atoms with Crippen LogP contribution in [0, 0.1) is 13.8 Å². The number of benzene rings is 1. The normalized spacial score (nSPS) is 10.8. The monoisotopic (exact) mass is 244 g/mol. The van der Waals surface area contributed by atoms with Gasteiger partial charge in [-0.3, -0.25) is 0 Å². The van der Waals surface area contributed by atoms with E-state index in [2.05, 4.69) is 54.6 Å². The number of rotatable bonds is 5. The molecule has 0 bridgehead atoms. The fourth-order valence-electron chi connectivity index (χ4n) is 1.92. The summed E-state index contributed by atoms with van der Waals surface area (Å²) >= 11 is 0. The van der Waals surface area contributed by atoms with E-state index in [-0.39, 0.29) is 0 Å². The van der Waals surface area contributed by atoms with E-state index in [0.29, 0.717) is 0 Å². The molecular formula is C14H20N4. The van der Waals surface area contributed by atoms with E-state index in [1.54, 1.807) is 0 Å². The lowest BCUT2D eigenvalue weighted by atomic mass is 10.1. The quantitative estimate of drug-likeness (QED) is 0.821. The number of hydrogen-bond acceptors (Lipinski definition) is 3. The smallest absolute Gasteiger partial charge is 0.0783 e. The van der Waals surface area contributed by atoms with Gasteiger partial charge < -0.3 is 5.32 Å². The van der Waals surface area contributed by atoms with Crippen molar-refractivity contribution in [1.82, 2.24) is 20.3 Å². The molecule has 0 fully saturated rings. The number of aromatic nitrogens is 3. The second kappa shape index (κ2) is 5.78. The molecule has 1 aromatic carbocycles. The minimum Gasteiger partial charge on any atom is -0.311 e. The second-order valence-corrected chi connectivity index (χ2v) is 4.60. The first-order chi connectivity index (χ1) is 8.72. The van der Waals surface area contributed by atoms with Crippen LogP contribution >= 0.6 is 0 Å². The average molecular weight is 244 g/mol. The summed E-state index contributed by atoms with van der Waals surface area (Å²) in [6.07, 6.45) is 2.95. The van der Waals surface area contributed by atoms with Gasteiger partial charge in [0.2, 0.25) is 0 Å². The SMILES string of the molecule is CCCNCc1cnnn1-c1cc(C)ccc1C. The van der Waals surface area contributed by atoms with Crippen LogP contribution in [-0.4, -0.2) is 21.5 Å². The highest BCUT2D eigenvalue weighted by Crippen LogP contribution is 2.16. The molecule has 1 N–H and O–H groups in total. The van der Waals surface area contributed by atoms with Crippen LogP contribution in [0.25, 0.3) is 5.69 Å². The fraction of sp³-hybridized carbons (Fsp3) is 0.429.